The van der Waals surface area contributed by atoms with Crippen LogP contribution in [0.2, 0.25) is 0 Å². The van der Waals surface area contributed by atoms with E-state index in [4.69, 9.17) is 0 Å². The van der Waals surface area contributed by atoms with Gasteiger partial charge in [-0.15, -0.1) is 0 Å². The van der Waals surface area contributed by atoms with E-state index in [1.165, 1.54) is 12.3 Å². The zero-order chi connectivity index (χ0) is 12.3. The number of pyridine rings is 1. The van der Waals surface area contributed by atoms with E-state index in [1.807, 2.05) is 0 Å². The molecule has 0 saturated carbocycles. The molecule has 2 rings (SSSR count). The first-order valence-corrected chi connectivity index (χ1v) is 7.07. The van der Waals surface area contributed by atoms with Gasteiger partial charge in [0.1, 0.15) is 0 Å². The van der Waals surface area contributed by atoms with E-state index in [2.05, 4.69) is 10.3 Å². The van der Waals surface area contributed by atoms with Crippen LogP contribution in [0.5, 0.6) is 0 Å². The molecule has 0 aromatic carbocycles. The molecule has 1 saturated heterocycles. The summed E-state index contributed by atoms with van der Waals surface area (Å²) >= 11 is 0. The number of amides is 1. The maximum Gasteiger partial charge on any atom is 0.221 e. The van der Waals surface area contributed by atoms with Gasteiger partial charge in [0.05, 0.1) is 5.25 Å². The van der Waals surface area contributed by atoms with Crippen molar-refractivity contribution in [3.8, 4) is 0 Å². The van der Waals surface area contributed by atoms with E-state index in [0.717, 1.165) is 0 Å². The van der Waals surface area contributed by atoms with Gasteiger partial charge in [0, 0.05) is 19.2 Å². The van der Waals surface area contributed by atoms with E-state index in [9.17, 15) is 13.2 Å². The van der Waals surface area contributed by atoms with E-state index >= 15 is 0 Å². The molecule has 0 radical (unpaired) electrons. The van der Waals surface area contributed by atoms with Gasteiger partial charge in [-0.1, -0.05) is 6.07 Å². The second kappa shape index (κ2) is 4.83. The van der Waals surface area contributed by atoms with Crippen LogP contribution in [0.25, 0.3) is 0 Å². The Morgan fingerprint density at radius 2 is 2.18 bits per heavy atom. The Morgan fingerprint density at radius 3 is 2.88 bits per heavy atom. The number of nitrogens with one attached hydrogen (secondary N) is 1. The van der Waals surface area contributed by atoms with Gasteiger partial charge >= 0.3 is 0 Å². The molecule has 2 heterocycles. The Labute approximate surface area is 100 Å². The first-order chi connectivity index (χ1) is 8.10. The SMILES string of the molecule is O=C1CC(S(=O)(=O)c2ccccn2)CCCN1. The van der Waals surface area contributed by atoms with Crippen molar-refractivity contribution >= 4 is 15.7 Å². The molecular weight excluding hydrogens is 240 g/mol. The van der Waals surface area contributed by atoms with Crippen LogP contribution >= 0.6 is 0 Å². The van der Waals surface area contributed by atoms with Crippen molar-refractivity contribution in [2.75, 3.05) is 6.54 Å². The van der Waals surface area contributed by atoms with Crippen LogP contribution in [-0.2, 0) is 14.6 Å². The molecule has 1 amide bonds. The highest BCUT2D eigenvalue weighted by Gasteiger charge is 2.31. The number of carbonyl (C=O) groups excluding carboxylic acids is 1. The van der Waals surface area contributed by atoms with Crippen LogP contribution in [-0.4, -0.2) is 31.1 Å². The molecule has 0 aliphatic carbocycles. The molecule has 92 valence electrons. The number of hydrogen-bond donors (Lipinski definition) is 1. The molecule has 5 nitrogen and oxygen atoms in total. The van der Waals surface area contributed by atoms with Gasteiger partial charge in [-0.2, -0.15) is 0 Å². The summed E-state index contributed by atoms with van der Waals surface area (Å²) in [4.78, 5) is 15.2. The molecule has 1 atom stereocenters. The molecular formula is C11H14N2O3S. The fourth-order valence-electron chi connectivity index (χ4n) is 1.89. The average molecular weight is 254 g/mol. The zero-order valence-corrected chi connectivity index (χ0v) is 10.1. The Balaban J connectivity index is 2.29. The molecule has 1 N–H and O–H groups in total. The summed E-state index contributed by atoms with van der Waals surface area (Å²) in [5.74, 6) is -0.202. The van der Waals surface area contributed by atoms with Gasteiger partial charge in [0.25, 0.3) is 0 Å². The fraction of sp³-hybridized carbons (Fsp3) is 0.455. The average Bonchev–Trinajstić information content (AvgIpc) is 2.55. The van der Waals surface area contributed by atoms with Crippen molar-refractivity contribution in [2.24, 2.45) is 0 Å². The lowest BCUT2D eigenvalue weighted by Crippen LogP contribution is -2.28. The normalized spacial score (nSPS) is 21.6. The number of sulfone groups is 1. The summed E-state index contributed by atoms with van der Waals surface area (Å²) in [5, 5.41) is 2.08. The van der Waals surface area contributed by atoms with Crippen molar-refractivity contribution in [1.29, 1.82) is 0 Å². The minimum Gasteiger partial charge on any atom is -0.356 e. The molecule has 1 fully saturated rings. The Kier molecular flexibility index (Phi) is 3.42. The lowest BCUT2D eigenvalue weighted by Gasteiger charge is -2.12. The molecule has 17 heavy (non-hydrogen) atoms. The maximum absolute atomic E-state index is 12.2. The third-order valence-corrected chi connectivity index (χ3v) is 4.91. The van der Waals surface area contributed by atoms with E-state index in [-0.39, 0.29) is 17.4 Å². The summed E-state index contributed by atoms with van der Waals surface area (Å²) in [6, 6.07) is 4.77. The number of rotatable bonds is 2. The Morgan fingerprint density at radius 1 is 1.35 bits per heavy atom. The number of aromatic nitrogens is 1. The van der Waals surface area contributed by atoms with Crippen molar-refractivity contribution in [2.45, 2.75) is 29.5 Å². The molecule has 1 unspecified atom stereocenters. The zero-order valence-electron chi connectivity index (χ0n) is 9.30. The minimum absolute atomic E-state index is 0.0267. The van der Waals surface area contributed by atoms with Gasteiger partial charge in [0.15, 0.2) is 14.9 Å². The van der Waals surface area contributed by atoms with Crippen LogP contribution in [0.3, 0.4) is 0 Å². The van der Waals surface area contributed by atoms with Crippen LogP contribution in [0.15, 0.2) is 29.4 Å². The topological polar surface area (TPSA) is 76.1 Å². The monoisotopic (exact) mass is 254 g/mol. The Hall–Kier alpha value is -1.43. The molecule has 6 heteroatoms. The van der Waals surface area contributed by atoms with Gasteiger partial charge < -0.3 is 5.32 Å². The quantitative estimate of drug-likeness (QED) is 0.835. The predicted molar refractivity (Wildman–Crippen MR) is 62.1 cm³/mol. The highest BCUT2D eigenvalue weighted by Crippen LogP contribution is 2.21. The highest BCUT2D eigenvalue weighted by molar-refractivity contribution is 7.92. The van der Waals surface area contributed by atoms with E-state index < -0.39 is 15.1 Å². The summed E-state index contributed by atoms with van der Waals surface area (Å²) in [5.41, 5.74) is 0. The summed E-state index contributed by atoms with van der Waals surface area (Å²) in [6.45, 7) is 0.549. The molecule has 1 aliphatic rings. The largest absolute Gasteiger partial charge is 0.356 e. The first kappa shape index (κ1) is 12.0. The van der Waals surface area contributed by atoms with Crippen molar-refractivity contribution in [3.05, 3.63) is 24.4 Å². The van der Waals surface area contributed by atoms with Crippen LogP contribution in [0.4, 0.5) is 0 Å². The van der Waals surface area contributed by atoms with Gasteiger partial charge in [-0.3, -0.25) is 4.79 Å². The van der Waals surface area contributed by atoms with Crippen molar-refractivity contribution < 1.29 is 13.2 Å². The van der Waals surface area contributed by atoms with Crippen molar-refractivity contribution in [3.63, 3.8) is 0 Å². The summed E-state index contributed by atoms with van der Waals surface area (Å²) in [7, 11) is -3.49. The van der Waals surface area contributed by atoms with E-state index in [1.54, 1.807) is 12.1 Å². The Bertz CT molecular complexity index is 499. The second-order valence-corrected chi connectivity index (χ2v) is 6.21. The van der Waals surface area contributed by atoms with Crippen LogP contribution in [0.1, 0.15) is 19.3 Å². The standard InChI is InChI=1S/C11H14N2O3S/c14-10-8-9(4-3-7-12-10)17(15,16)11-5-1-2-6-13-11/h1-2,5-6,9H,3-4,7-8H2,(H,12,14). The number of nitrogens with zero attached hydrogens (tertiary/aromatic N) is 1. The highest BCUT2D eigenvalue weighted by atomic mass is 32.2. The maximum atomic E-state index is 12.2. The smallest absolute Gasteiger partial charge is 0.221 e. The van der Waals surface area contributed by atoms with Crippen LogP contribution in [0, 0.1) is 0 Å². The number of carbonyl (C=O) groups is 1. The lowest BCUT2D eigenvalue weighted by atomic mass is 10.2. The van der Waals surface area contributed by atoms with Gasteiger partial charge in [0.2, 0.25) is 5.91 Å². The predicted octanol–water partition coefficient (Wildman–Crippen LogP) is 0.524. The second-order valence-electron chi connectivity index (χ2n) is 4.03. The van der Waals surface area contributed by atoms with E-state index in [0.29, 0.717) is 19.4 Å². The summed E-state index contributed by atoms with van der Waals surface area (Å²) < 4.78 is 24.5. The molecule has 0 bridgehead atoms. The van der Waals surface area contributed by atoms with Crippen LogP contribution < -0.4 is 5.32 Å². The molecule has 0 spiro atoms. The third kappa shape index (κ3) is 2.63. The fourth-order valence-corrected chi connectivity index (χ4v) is 3.55. The molecule has 1 aromatic rings. The van der Waals surface area contributed by atoms with Gasteiger partial charge in [-0.25, -0.2) is 13.4 Å². The van der Waals surface area contributed by atoms with Gasteiger partial charge in [-0.05, 0) is 25.0 Å². The lowest BCUT2D eigenvalue weighted by molar-refractivity contribution is -0.120. The first-order valence-electron chi connectivity index (χ1n) is 5.52. The number of hydrogen-bond acceptors (Lipinski definition) is 4. The molecule has 1 aromatic heterocycles. The molecule has 1 aliphatic heterocycles. The third-order valence-electron chi connectivity index (χ3n) is 2.81. The summed E-state index contributed by atoms with van der Waals surface area (Å²) in [6.07, 6.45) is 2.66. The van der Waals surface area contributed by atoms with Crippen molar-refractivity contribution in [1.82, 2.24) is 10.3 Å². The minimum atomic E-state index is -3.49.